The summed E-state index contributed by atoms with van der Waals surface area (Å²) >= 11 is 0. The van der Waals surface area contributed by atoms with Crippen molar-refractivity contribution in [2.24, 2.45) is 0 Å². The monoisotopic (exact) mass is 344 g/mol. The smallest absolute Gasteiger partial charge is 0.358 e. The molecule has 0 N–H and O–H groups in total. The van der Waals surface area contributed by atoms with Crippen molar-refractivity contribution in [2.45, 2.75) is 38.3 Å². The first-order valence-electron chi connectivity index (χ1n) is 8.40. The summed E-state index contributed by atoms with van der Waals surface area (Å²) < 4.78 is 17.9. The highest BCUT2D eigenvalue weighted by Gasteiger charge is 2.32. The van der Waals surface area contributed by atoms with Crippen molar-refractivity contribution in [3.8, 4) is 17.0 Å². The molecule has 6 heteroatoms. The van der Waals surface area contributed by atoms with Crippen LogP contribution >= 0.6 is 0 Å². The van der Waals surface area contributed by atoms with E-state index in [2.05, 4.69) is 18.9 Å². The van der Waals surface area contributed by atoms with Crippen LogP contribution in [0.4, 0.5) is 0 Å². The van der Waals surface area contributed by atoms with E-state index in [-0.39, 0.29) is 11.6 Å². The van der Waals surface area contributed by atoms with Crippen molar-refractivity contribution in [1.29, 1.82) is 0 Å². The lowest BCUT2D eigenvalue weighted by molar-refractivity contribution is -0.0705. The summed E-state index contributed by atoms with van der Waals surface area (Å²) in [6.45, 7) is 4.83. The zero-order valence-electron chi connectivity index (χ0n) is 15.1. The Morgan fingerprint density at radius 1 is 1.32 bits per heavy atom. The summed E-state index contributed by atoms with van der Waals surface area (Å²) in [4.78, 5) is 12.0. The quantitative estimate of drug-likeness (QED) is 0.795. The van der Waals surface area contributed by atoms with Crippen LogP contribution in [-0.2, 0) is 9.47 Å². The van der Waals surface area contributed by atoms with Crippen LogP contribution in [0.5, 0.6) is 5.75 Å². The number of aromatic nitrogens is 2. The van der Waals surface area contributed by atoms with E-state index in [0.717, 1.165) is 29.8 Å². The fourth-order valence-corrected chi connectivity index (χ4v) is 3.28. The zero-order chi connectivity index (χ0) is 18.0. The normalized spacial score (nSPS) is 19.4. The second-order valence-electron chi connectivity index (χ2n) is 6.84. The Hall–Kier alpha value is -2.34. The molecule has 1 fully saturated rings. The molecule has 0 spiro atoms. The maximum atomic E-state index is 12.0. The van der Waals surface area contributed by atoms with Crippen molar-refractivity contribution in [3.05, 3.63) is 36.0 Å². The maximum absolute atomic E-state index is 12.0. The van der Waals surface area contributed by atoms with Crippen LogP contribution < -0.4 is 4.74 Å². The molecule has 0 saturated carbocycles. The van der Waals surface area contributed by atoms with Gasteiger partial charge in [-0.3, -0.25) is 4.68 Å². The number of benzene rings is 1. The Labute approximate surface area is 147 Å². The molecule has 6 nitrogen and oxygen atoms in total. The predicted octanol–water partition coefficient (Wildman–Crippen LogP) is 3.48. The largest absolute Gasteiger partial charge is 0.497 e. The van der Waals surface area contributed by atoms with Gasteiger partial charge in [0.2, 0.25) is 0 Å². The second-order valence-corrected chi connectivity index (χ2v) is 6.84. The Bertz CT molecular complexity index is 767. The number of esters is 1. The van der Waals surface area contributed by atoms with E-state index in [1.165, 1.54) is 7.11 Å². The number of ether oxygens (including phenoxy) is 3. The third kappa shape index (κ3) is 3.69. The first-order chi connectivity index (χ1) is 11.9. The minimum absolute atomic E-state index is 0.156. The molecule has 3 rings (SSSR count). The molecular formula is C19H24N2O4. The number of nitrogens with zero attached hydrogens (tertiary/aromatic N) is 2. The van der Waals surface area contributed by atoms with Gasteiger partial charge in [0.05, 0.1) is 31.6 Å². The average molecular weight is 344 g/mol. The predicted molar refractivity (Wildman–Crippen MR) is 93.9 cm³/mol. The van der Waals surface area contributed by atoms with Gasteiger partial charge >= 0.3 is 5.97 Å². The number of carbonyl (C=O) groups is 1. The van der Waals surface area contributed by atoms with Gasteiger partial charge in [0.1, 0.15) is 5.75 Å². The molecule has 0 amide bonds. The molecular weight excluding hydrogens is 320 g/mol. The van der Waals surface area contributed by atoms with Gasteiger partial charge in [-0.15, -0.1) is 0 Å². The summed E-state index contributed by atoms with van der Waals surface area (Å²) in [7, 11) is 3.00. The number of carbonyl (C=O) groups excluding carboxylic acids is 1. The highest BCUT2D eigenvalue weighted by molar-refractivity contribution is 5.88. The lowest BCUT2D eigenvalue weighted by Crippen LogP contribution is -2.35. The average Bonchev–Trinajstić information content (AvgIpc) is 3.05. The zero-order valence-corrected chi connectivity index (χ0v) is 15.1. The number of rotatable bonds is 4. The van der Waals surface area contributed by atoms with Crippen LogP contribution in [0.15, 0.2) is 30.3 Å². The van der Waals surface area contributed by atoms with E-state index < -0.39 is 5.97 Å². The first kappa shape index (κ1) is 17.5. The van der Waals surface area contributed by atoms with Crippen LogP contribution in [-0.4, -0.2) is 42.2 Å². The summed E-state index contributed by atoms with van der Waals surface area (Å²) in [5, 5.41) is 4.55. The summed E-state index contributed by atoms with van der Waals surface area (Å²) in [6.07, 6.45) is 1.68. The van der Waals surface area contributed by atoms with E-state index >= 15 is 0 Å². The van der Waals surface area contributed by atoms with Crippen molar-refractivity contribution < 1.29 is 19.0 Å². The maximum Gasteiger partial charge on any atom is 0.358 e. The topological polar surface area (TPSA) is 62.6 Å². The Morgan fingerprint density at radius 2 is 2.12 bits per heavy atom. The van der Waals surface area contributed by atoms with Crippen LogP contribution in [0.3, 0.4) is 0 Å². The Kier molecular flexibility index (Phi) is 4.81. The van der Waals surface area contributed by atoms with Gasteiger partial charge in [-0.2, -0.15) is 5.10 Å². The highest BCUT2D eigenvalue weighted by Crippen LogP contribution is 2.35. The lowest BCUT2D eigenvalue weighted by Gasteiger charge is -2.36. The Balaban J connectivity index is 2.06. The van der Waals surface area contributed by atoms with Gasteiger partial charge < -0.3 is 14.2 Å². The molecule has 134 valence electrons. The molecule has 1 unspecified atom stereocenters. The summed E-state index contributed by atoms with van der Waals surface area (Å²) in [5.74, 6) is 0.325. The van der Waals surface area contributed by atoms with Gasteiger partial charge in [-0.1, -0.05) is 12.1 Å². The molecule has 2 aromatic rings. The second kappa shape index (κ2) is 6.88. The molecule has 1 atom stereocenters. The molecule has 25 heavy (non-hydrogen) atoms. The minimum Gasteiger partial charge on any atom is -0.497 e. The molecule has 2 heterocycles. The van der Waals surface area contributed by atoms with E-state index in [4.69, 9.17) is 14.2 Å². The van der Waals surface area contributed by atoms with E-state index in [0.29, 0.717) is 12.3 Å². The fourth-order valence-electron chi connectivity index (χ4n) is 3.28. The third-order valence-electron chi connectivity index (χ3n) is 4.51. The van der Waals surface area contributed by atoms with E-state index in [9.17, 15) is 4.79 Å². The Morgan fingerprint density at radius 3 is 2.80 bits per heavy atom. The van der Waals surface area contributed by atoms with Crippen molar-refractivity contribution >= 4 is 5.97 Å². The number of hydrogen-bond acceptors (Lipinski definition) is 5. The molecule has 0 bridgehead atoms. The standard InChI is InChI=1S/C19H24N2O4/c1-19(2)12-14(8-9-25-19)21-17(11-16(20-21)18(22)24-4)13-6-5-7-15(10-13)23-3/h5-7,10-11,14H,8-9,12H2,1-4H3. The van der Waals surface area contributed by atoms with Crippen molar-refractivity contribution in [1.82, 2.24) is 9.78 Å². The van der Waals surface area contributed by atoms with Gasteiger partial charge in [0, 0.05) is 12.2 Å². The third-order valence-corrected chi connectivity index (χ3v) is 4.51. The molecule has 0 aliphatic carbocycles. The highest BCUT2D eigenvalue weighted by atomic mass is 16.5. The van der Waals surface area contributed by atoms with Gasteiger partial charge in [0.15, 0.2) is 5.69 Å². The minimum atomic E-state index is -0.436. The van der Waals surface area contributed by atoms with E-state index in [1.807, 2.05) is 28.9 Å². The van der Waals surface area contributed by atoms with Crippen LogP contribution in [0.2, 0.25) is 0 Å². The van der Waals surface area contributed by atoms with Crippen LogP contribution in [0.25, 0.3) is 11.3 Å². The molecule has 1 aliphatic heterocycles. The summed E-state index contributed by atoms with van der Waals surface area (Å²) in [5.41, 5.74) is 1.92. The van der Waals surface area contributed by atoms with Crippen molar-refractivity contribution in [2.75, 3.05) is 20.8 Å². The molecule has 1 saturated heterocycles. The van der Waals surface area contributed by atoms with E-state index in [1.54, 1.807) is 13.2 Å². The molecule has 1 aliphatic rings. The SMILES string of the molecule is COC(=O)c1cc(-c2cccc(OC)c2)n(C2CCOC(C)(C)C2)n1. The van der Waals surface area contributed by atoms with Gasteiger partial charge in [-0.25, -0.2) is 4.79 Å². The number of hydrogen-bond donors (Lipinski definition) is 0. The van der Waals surface area contributed by atoms with Crippen molar-refractivity contribution in [3.63, 3.8) is 0 Å². The van der Waals surface area contributed by atoms with Gasteiger partial charge in [-0.05, 0) is 44.9 Å². The number of methoxy groups -OCH3 is 2. The van der Waals surface area contributed by atoms with Crippen LogP contribution in [0.1, 0.15) is 43.2 Å². The first-order valence-corrected chi connectivity index (χ1v) is 8.40. The summed E-state index contributed by atoms with van der Waals surface area (Å²) in [6, 6.07) is 9.69. The molecule has 1 aromatic carbocycles. The lowest BCUT2D eigenvalue weighted by atomic mass is 9.93. The molecule has 0 radical (unpaired) electrons. The molecule has 1 aromatic heterocycles. The fraction of sp³-hybridized carbons (Fsp3) is 0.474. The van der Waals surface area contributed by atoms with Gasteiger partial charge in [0.25, 0.3) is 0 Å². The van der Waals surface area contributed by atoms with Crippen LogP contribution in [0, 0.1) is 0 Å².